The van der Waals surface area contributed by atoms with E-state index >= 15 is 0 Å². The lowest BCUT2D eigenvalue weighted by Gasteiger charge is -2.26. The summed E-state index contributed by atoms with van der Waals surface area (Å²) < 4.78 is 0. The molecule has 0 saturated carbocycles. The standard InChI is InChI=1S/C17H22N2O3/c1-11(20)8-17(2,3)10-19-16(22)13-9-18-14-7-5-4-6-12(14)15(13)21/h4-7,9,11,20H,8,10H2,1-3H3,(H,18,21)(H,19,22). The molecule has 0 aliphatic rings. The van der Waals surface area contributed by atoms with Gasteiger partial charge < -0.3 is 15.4 Å². The van der Waals surface area contributed by atoms with Crippen LogP contribution in [-0.4, -0.2) is 28.6 Å². The molecule has 0 spiro atoms. The van der Waals surface area contributed by atoms with Crippen molar-refractivity contribution in [3.63, 3.8) is 0 Å². The molecule has 118 valence electrons. The fourth-order valence-corrected chi connectivity index (χ4v) is 2.62. The summed E-state index contributed by atoms with van der Waals surface area (Å²) in [6.07, 6.45) is 1.58. The summed E-state index contributed by atoms with van der Waals surface area (Å²) in [7, 11) is 0. The molecule has 0 saturated heterocycles. The van der Waals surface area contributed by atoms with E-state index in [-0.39, 0.29) is 16.4 Å². The van der Waals surface area contributed by atoms with Crippen LogP contribution in [0, 0.1) is 5.41 Å². The Bertz CT molecular complexity index is 732. The van der Waals surface area contributed by atoms with Crippen LogP contribution in [-0.2, 0) is 0 Å². The van der Waals surface area contributed by atoms with Crippen molar-refractivity contribution in [3.8, 4) is 0 Å². The molecule has 0 fully saturated rings. The number of amides is 1. The van der Waals surface area contributed by atoms with Crippen LogP contribution in [0.4, 0.5) is 0 Å². The molecular formula is C17H22N2O3. The number of H-pyrrole nitrogens is 1. The highest BCUT2D eigenvalue weighted by molar-refractivity contribution is 5.97. The number of pyridine rings is 1. The van der Waals surface area contributed by atoms with Crippen LogP contribution in [0.1, 0.15) is 37.6 Å². The zero-order valence-corrected chi connectivity index (χ0v) is 13.1. The number of hydrogen-bond acceptors (Lipinski definition) is 3. The normalized spacial score (nSPS) is 13.1. The SMILES string of the molecule is CC(O)CC(C)(C)CNC(=O)c1c[nH]c2ccccc2c1=O. The molecule has 0 radical (unpaired) electrons. The fourth-order valence-electron chi connectivity index (χ4n) is 2.62. The van der Waals surface area contributed by atoms with E-state index in [4.69, 9.17) is 0 Å². The largest absolute Gasteiger partial charge is 0.393 e. The number of rotatable bonds is 5. The molecule has 1 aromatic carbocycles. The molecule has 22 heavy (non-hydrogen) atoms. The topological polar surface area (TPSA) is 82.2 Å². The van der Waals surface area contributed by atoms with Crippen molar-refractivity contribution in [1.29, 1.82) is 0 Å². The van der Waals surface area contributed by atoms with Crippen LogP contribution in [0.5, 0.6) is 0 Å². The van der Waals surface area contributed by atoms with E-state index in [1.807, 2.05) is 19.9 Å². The van der Waals surface area contributed by atoms with Gasteiger partial charge in [0.15, 0.2) is 0 Å². The summed E-state index contributed by atoms with van der Waals surface area (Å²) in [6.45, 7) is 6.04. The van der Waals surface area contributed by atoms with Crippen LogP contribution in [0.15, 0.2) is 35.3 Å². The van der Waals surface area contributed by atoms with Gasteiger partial charge >= 0.3 is 0 Å². The van der Waals surface area contributed by atoms with E-state index in [0.717, 1.165) is 0 Å². The minimum atomic E-state index is -0.434. The van der Waals surface area contributed by atoms with Gasteiger partial charge in [-0.1, -0.05) is 26.0 Å². The number of para-hydroxylation sites is 1. The van der Waals surface area contributed by atoms with Crippen LogP contribution in [0.25, 0.3) is 10.9 Å². The third-order valence-corrected chi connectivity index (χ3v) is 3.61. The van der Waals surface area contributed by atoms with Gasteiger partial charge in [-0.2, -0.15) is 0 Å². The highest BCUT2D eigenvalue weighted by atomic mass is 16.3. The molecule has 0 aliphatic heterocycles. The maximum Gasteiger partial charge on any atom is 0.256 e. The number of hydrogen-bond donors (Lipinski definition) is 3. The van der Waals surface area contributed by atoms with Gasteiger partial charge in [0.25, 0.3) is 5.91 Å². The Balaban J connectivity index is 2.17. The smallest absolute Gasteiger partial charge is 0.256 e. The first kappa shape index (κ1) is 16.2. The van der Waals surface area contributed by atoms with Gasteiger partial charge in [-0.25, -0.2) is 0 Å². The summed E-state index contributed by atoms with van der Waals surface area (Å²) >= 11 is 0. The average molecular weight is 302 g/mol. The lowest BCUT2D eigenvalue weighted by Crippen LogP contribution is -2.37. The Hall–Kier alpha value is -2.14. The van der Waals surface area contributed by atoms with E-state index < -0.39 is 12.0 Å². The molecule has 2 aromatic rings. The van der Waals surface area contributed by atoms with Gasteiger partial charge in [0, 0.05) is 23.6 Å². The van der Waals surface area contributed by atoms with Gasteiger partial charge in [0.2, 0.25) is 5.43 Å². The molecule has 1 atom stereocenters. The second kappa shape index (κ2) is 6.32. The Morgan fingerprint density at radius 2 is 2.05 bits per heavy atom. The molecule has 3 N–H and O–H groups in total. The van der Waals surface area contributed by atoms with E-state index in [9.17, 15) is 14.7 Å². The zero-order valence-electron chi connectivity index (χ0n) is 13.1. The summed E-state index contributed by atoms with van der Waals surface area (Å²) in [5.74, 6) is -0.398. The second-order valence-electron chi connectivity index (χ2n) is 6.48. The lowest BCUT2D eigenvalue weighted by molar-refractivity contribution is 0.0901. The van der Waals surface area contributed by atoms with Crippen molar-refractivity contribution in [3.05, 3.63) is 46.2 Å². The number of benzene rings is 1. The van der Waals surface area contributed by atoms with Crippen molar-refractivity contribution < 1.29 is 9.90 Å². The molecule has 2 rings (SSSR count). The van der Waals surface area contributed by atoms with Crippen molar-refractivity contribution in [2.75, 3.05) is 6.54 Å². The summed E-state index contributed by atoms with van der Waals surface area (Å²) in [6, 6.07) is 7.09. The highest BCUT2D eigenvalue weighted by Gasteiger charge is 2.22. The first-order valence-corrected chi connectivity index (χ1v) is 7.37. The number of aliphatic hydroxyl groups excluding tert-OH is 1. The van der Waals surface area contributed by atoms with Crippen molar-refractivity contribution in [2.45, 2.75) is 33.3 Å². The Morgan fingerprint density at radius 1 is 1.36 bits per heavy atom. The zero-order chi connectivity index (χ0) is 16.3. The first-order chi connectivity index (χ1) is 10.3. The number of fused-ring (bicyclic) bond motifs is 1. The van der Waals surface area contributed by atoms with Crippen LogP contribution in [0.3, 0.4) is 0 Å². The Kier molecular flexibility index (Phi) is 4.66. The third-order valence-electron chi connectivity index (χ3n) is 3.61. The Labute approximate surface area is 129 Å². The van der Waals surface area contributed by atoms with Gasteiger partial charge in [0.05, 0.1) is 6.10 Å². The van der Waals surface area contributed by atoms with E-state index in [0.29, 0.717) is 23.9 Å². The molecule has 1 amide bonds. The number of nitrogens with one attached hydrogen (secondary N) is 2. The quantitative estimate of drug-likeness (QED) is 0.790. The van der Waals surface area contributed by atoms with Gasteiger partial charge in [0.1, 0.15) is 5.56 Å². The summed E-state index contributed by atoms with van der Waals surface area (Å²) in [5, 5.41) is 12.7. The minimum absolute atomic E-state index is 0.103. The maximum absolute atomic E-state index is 12.4. The predicted molar refractivity (Wildman–Crippen MR) is 87.0 cm³/mol. The summed E-state index contributed by atoms with van der Waals surface area (Å²) in [4.78, 5) is 27.6. The molecule has 1 unspecified atom stereocenters. The van der Waals surface area contributed by atoms with E-state index in [1.54, 1.807) is 25.1 Å². The highest BCUT2D eigenvalue weighted by Crippen LogP contribution is 2.21. The minimum Gasteiger partial charge on any atom is -0.393 e. The van der Waals surface area contributed by atoms with Crippen LogP contribution < -0.4 is 10.7 Å². The monoisotopic (exact) mass is 302 g/mol. The van der Waals surface area contributed by atoms with Gasteiger partial charge in [-0.15, -0.1) is 0 Å². The van der Waals surface area contributed by atoms with Gasteiger partial charge in [-0.05, 0) is 30.9 Å². The molecule has 0 bridgehead atoms. The van der Waals surface area contributed by atoms with Crippen molar-refractivity contribution in [2.24, 2.45) is 5.41 Å². The van der Waals surface area contributed by atoms with Crippen LogP contribution in [0.2, 0.25) is 0 Å². The maximum atomic E-state index is 12.4. The molecule has 1 aromatic heterocycles. The second-order valence-corrected chi connectivity index (χ2v) is 6.48. The third kappa shape index (κ3) is 3.74. The molecule has 0 aliphatic carbocycles. The first-order valence-electron chi connectivity index (χ1n) is 7.37. The van der Waals surface area contributed by atoms with E-state index in [2.05, 4.69) is 10.3 Å². The van der Waals surface area contributed by atoms with Crippen molar-refractivity contribution >= 4 is 16.8 Å². The number of carbonyl (C=O) groups excluding carboxylic acids is 1. The molecule has 5 nitrogen and oxygen atoms in total. The lowest BCUT2D eigenvalue weighted by atomic mass is 9.87. The van der Waals surface area contributed by atoms with E-state index in [1.165, 1.54) is 6.20 Å². The number of carbonyl (C=O) groups is 1. The number of aromatic nitrogens is 1. The summed E-state index contributed by atoms with van der Waals surface area (Å²) in [5.41, 5.74) is 0.290. The number of aromatic amines is 1. The molecule has 5 heteroatoms. The molecule has 1 heterocycles. The van der Waals surface area contributed by atoms with Crippen molar-refractivity contribution in [1.82, 2.24) is 10.3 Å². The van der Waals surface area contributed by atoms with Crippen LogP contribution >= 0.6 is 0 Å². The number of aliphatic hydroxyl groups is 1. The Morgan fingerprint density at radius 3 is 2.73 bits per heavy atom. The average Bonchev–Trinajstić information content (AvgIpc) is 2.44. The van der Waals surface area contributed by atoms with Gasteiger partial charge in [-0.3, -0.25) is 9.59 Å². The molecular weight excluding hydrogens is 280 g/mol. The fraction of sp³-hybridized carbons (Fsp3) is 0.412. The predicted octanol–water partition coefficient (Wildman–Crippen LogP) is 2.05.